The Hall–Kier alpha value is -0.980. The van der Waals surface area contributed by atoms with Crippen LogP contribution in [0.4, 0.5) is 0 Å². The van der Waals surface area contributed by atoms with Gasteiger partial charge in [-0.25, -0.2) is 4.98 Å². The van der Waals surface area contributed by atoms with Crippen molar-refractivity contribution in [1.29, 1.82) is 0 Å². The largest absolute Gasteiger partial charge is 0.356 e. The molecule has 1 aliphatic rings. The Kier molecular flexibility index (Phi) is 6.14. The van der Waals surface area contributed by atoms with E-state index in [4.69, 9.17) is 5.73 Å². The number of likely N-dealkylation sites (tertiary alicyclic amines) is 1. The monoisotopic (exact) mass is 310 g/mol. The molecule has 2 heterocycles. The molecule has 21 heavy (non-hydrogen) atoms. The fourth-order valence-electron chi connectivity index (χ4n) is 2.63. The van der Waals surface area contributed by atoms with Gasteiger partial charge in [-0.3, -0.25) is 9.69 Å². The highest BCUT2D eigenvalue weighted by atomic mass is 32.1. The first-order valence-corrected chi connectivity index (χ1v) is 8.59. The van der Waals surface area contributed by atoms with E-state index in [1.807, 2.05) is 13.8 Å². The summed E-state index contributed by atoms with van der Waals surface area (Å²) in [6.45, 7) is 7.54. The molecule has 1 atom stereocenters. The molecule has 0 saturated carbocycles. The van der Waals surface area contributed by atoms with E-state index in [0.717, 1.165) is 49.6 Å². The highest BCUT2D eigenvalue weighted by Crippen LogP contribution is 2.19. The second-order valence-corrected chi connectivity index (χ2v) is 7.03. The van der Waals surface area contributed by atoms with Gasteiger partial charge in [0.15, 0.2) is 0 Å². The van der Waals surface area contributed by atoms with Gasteiger partial charge in [-0.2, -0.15) is 0 Å². The molecule has 1 saturated heterocycles. The van der Waals surface area contributed by atoms with E-state index in [1.165, 1.54) is 0 Å². The molecular formula is C15H26N4OS. The van der Waals surface area contributed by atoms with Gasteiger partial charge in [0.1, 0.15) is 0 Å². The zero-order chi connectivity index (χ0) is 15.2. The third-order valence-electron chi connectivity index (χ3n) is 3.91. The van der Waals surface area contributed by atoms with Crippen molar-refractivity contribution in [1.82, 2.24) is 15.2 Å². The van der Waals surface area contributed by atoms with Gasteiger partial charge in [0.05, 0.1) is 10.7 Å². The van der Waals surface area contributed by atoms with Gasteiger partial charge in [0, 0.05) is 30.4 Å². The second kappa shape index (κ2) is 7.87. The topological polar surface area (TPSA) is 71.2 Å². The summed E-state index contributed by atoms with van der Waals surface area (Å²) in [6.07, 6.45) is 2.72. The predicted octanol–water partition coefficient (Wildman–Crippen LogP) is 1.52. The fourth-order valence-corrected chi connectivity index (χ4v) is 3.23. The van der Waals surface area contributed by atoms with Gasteiger partial charge in [-0.1, -0.05) is 0 Å². The summed E-state index contributed by atoms with van der Waals surface area (Å²) < 4.78 is 0. The molecule has 1 aliphatic heterocycles. The van der Waals surface area contributed by atoms with Crippen LogP contribution < -0.4 is 11.1 Å². The van der Waals surface area contributed by atoms with E-state index >= 15 is 0 Å². The molecule has 0 aromatic carbocycles. The van der Waals surface area contributed by atoms with Crippen molar-refractivity contribution in [2.75, 3.05) is 19.6 Å². The summed E-state index contributed by atoms with van der Waals surface area (Å²) in [4.78, 5) is 19.0. The molecule has 1 fully saturated rings. The van der Waals surface area contributed by atoms with E-state index in [-0.39, 0.29) is 17.9 Å². The van der Waals surface area contributed by atoms with Crippen molar-refractivity contribution in [3.8, 4) is 0 Å². The number of carbonyl (C=O) groups is 1. The minimum atomic E-state index is 0.147. The molecule has 0 aliphatic carbocycles. The molecule has 118 valence electrons. The van der Waals surface area contributed by atoms with E-state index in [0.29, 0.717) is 6.54 Å². The average Bonchev–Trinajstić information content (AvgIpc) is 2.84. The smallest absolute Gasteiger partial charge is 0.223 e. The Labute approximate surface area is 130 Å². The highest BCUT2D eigenvalue weighted by molar-refractivity contribution is 7.09. The van der Waals surface area contributed by atoms with Crippen molar-refractivity contribution in [2.24, 2.45) is 11.7 Å². The van der Waals surface area contributed by atoms with Crippen LogP contribution >= 0.6 is 11.3 Å². The quantitative estimate of drug-likeness (QED) is 0.835. The number of hydrogen-bond acceptors (Lipinski definition) is 5. The van der Waals surface area contributed by atoms with E-state index in [9.17, 15) is 4.79 Å². The predicted molar refractivity (Wildman–Crippen MR) is 86.1 cm³/mol. The highest BCUT2D eigenvalue weighted by Gasteiger charge is 2.24. The van der Waals surface area contributed by atoms with Gasteiger partial charge >= 0.3 is 0 Å². The van der Waals surface area contributed by atoms with Crippen molar-refractivity contribution < 1.29 is 4.79 Å². The van der Waals surface area contributed by atoms with Crippen molar-refractivity contribution >= 4 is 17.2 Å². The van der Waals surface area contributed by atoms with Crippen LogP contribution in [0.15, 0.2) is 5.38 Å². The molecule has 3 N–H and O–H groups in total. The molecule has 0 radical (unpaired) electrons. The number of nitrogens with two attached hydrogens (primary N) is 1. The van der Waals surface area contributed by atoms with Gasteiger partial charge in [-0.15, -0.1) is 11.3 Å². The summed E-state index contributed by atoms with van der Waals surface area (Å²) >= 11 is 1.70. The third kappa shape index (κ3) is 5.37. The first-order valence-electron chi connectivity index (χ1n) is 7.71. The normalized spacial score (nSPS) is 18.6. The molecule has 1 amide bonds. The van der Waals surface area contributed by atoms with Crippen LogP contribution in [0, 0.1) is 12.8 Å². The lowest BCUT2D eigenvalue weighted by Gasteiger charge is -2.30. The average molecular weight is 310 g/mol. The number of nitrogens with zero attached hydrogens (tertiary/aromatic N) is 2. The number of piperidine rings is 1. The minimum absolute atomic E-state index is 0.147. The number of amides is 1. The fraction of sp³-hybridized carbons (Fsp3) is 0.733. The lowest BCUT2D eigenvalue weighted by atomic mass is 9.96. The van der Waals surface area contributed by atoms with Crippen molar-refractivity contribution in [3.63, 3.8) is 0 Å². The van der Waals surface area contributed by atoms with Crippen LogP contribution in [0.5, 0.6) is 0 Å². The summed E-state index contributed by atoms with van der Waals surface area (Å²) in [5.41, 5.74) is 6.84. The SMILES string of the molecule is Cc1nc(CN2CCC(C(=O)NCCC(C)N)CC2)cs1. The van der Waals surface area contributed by atoms with Gasteiger partial charge < -0.3 is 11.1 Å². The van der Waals surface area contributed by atoms with E-state index in [2.05, 4.69) is 20.6 Å². The molecule has 1 aromatic heterocycles. The number of hydrogen-bond donors (Lipinski definition) is 2. The molecule has 0 spiro atoms. The Morgan fingerprint density at radius 3 is 2.86 bits per heavy atom. The van der Waals surface area contributed by atoms with E-state index < -0.39 is 0 Å². The molecule has 2 rings (SSSR count). The van der Waals surface area contributed by atoms with Gasteiger partial charge in [0.25, 0.3) is 0 Å². The number of thiazole rings is 1. The number of carbonyl (C=O) groups excluding carboxylic acids is 1. The van der Waals surface area contributed by atoms with Gasteiger partial charge in [-0.05, 0) is 46.2 Å². The third-order valence-corrected chi connectivity index (χ3v) is 4.73. The summed E-state index contributed by atoms with van der Waals surface area (Å²) in [5.74, 6) is 0.353. The van der Waals surface area contributed by atoms with Gasteiger partial charge in [0.2, 0.25) is 5.91 Å². The Balaban J connectivity index is 1.69. The van der Waals surface area contributed by atoms with Crippen molar-refractivity contribution in [3.05, 3.63) is 16.1 Å². The Bertz CT molecular complexity index is 452. The summed E-state index contributed by atoms with van der Waals surface area (Å²) in [5, 5.41) is 6.25. The summed E-state index contributed by atoms with van der Waals surface area (Å²) in [7, 11) is 0. The van der Waals surface area contributed by atoms with Crippen LogP contribution in [0.3, 0.4) is 0 Å². The molecule has 1 unspecified atom stereocenters. The van der Waals surface area contributed by atoms with Crippen LogP contribution in [0.25, 0.3) is 0 Å². The number of nitrogens with one attached hydrogen (secondary N) is 1. The van der Waals surface area contributed by atoms with Crippen LogP contribution in [0.2, 0.25) is 0 Å². The molecule has 0 bridgehead atoms. The zero-order valence-corrected chi connectivity index (χ0v) is 13.8. The lowest BCUT2D eigenvalue weighted by molar-refractivity contribution is -0.126. The van der Waals surface area contributed by atoms with E-state index in [1.54, 1.807) is 11.3 Å². The van der Waals surface area contributed by atoms with Crippen LogP contribution in [-0.4, -0.2) is 41.5 Å². The second-order valence-electron chi connectivity index (χ2n) is 5.97. The van der Waals surface area contributed by atoms with Crippen LogP contribution in [0.1, 0.15) is 36.9 Å². The standard InChI is InChI=1S/C15H26N4OS/c1-11(16)3-6-17-15(20)13-4-7-19(8-5-13)9-14-10-21-12(2)18-14/h10-11,13H,3-9,16H2,1-2H3,(H,17,20). The van der Waals surface area contributed by atoms with Crippen molar-refractivity contribution in [2.45, 2.75) is 45.7 Å². The Morgan fingerprint density at radius 1 is 1.57 bits per heavy atom. The first kappa shape index (κ1) is 16.4. The molecule has 1 aromatic rings. The number of aryl methyl sites for hydroxylation is 1. The molecule has 6 heteroatoms. The number of aromatic nitrogens is 1. The van der Waals surface area contributed by atoms with Crippen LogP contribution in [-0.2, 0) is 11.3 Å². The molecular weight excluding hydrogens is 284 g/mol. The maximum absolute atomic E-state index is 12.1. The molecule has 5 nitrogen and oxygen atoms in total. The maximum atomic E-state index is 12.1. The summed E-state index contributed by atoms with van der Waals surface area (Å²) in [6, 6.07) is 0.147. The number of rotatable bonds is 6. The minimum Gasteiger partial charge on any atom is -0.356 e. The first-order chi connectivity index (χ1) is 10.0. The maximum Gasteiger partial charge on any atom is 0.223 e. The Morgan fingerprint density at radius 2 is 2.29 bits per heavy atom. The zero-order valence-electron chi connectivity index (χ0n) is 13.0. The lowest BCUT2D eigenvalue weighted by Crippen LogP contribution is -2.41.